The van der Waals surface area contributed by atoms with E-state index in [0.29, 0.717) is 29.8 Å². The van der Waals surface area contributed by atoms with Crippen molar-refractivity contribution in [2.24, 2.45) is 22.7 Å². The first kappa shape index (κ1) is 14.4. The zero-order valence-corrected chi connectivity index (χ0v) is 14.0. The Kier molecular flexibility index (Phi) is 2.90. The topological polar surface area (TPSA) is 34.1 Å². The fourth-order valence-corrected chi connectivity index (χ4v) is 6.00. The van der Waals surface area contributed by atoms with Gasteiger partial charge in [0, 0.05) is 18.3 Å². The first-order chi connectivity index (χ1) is 10.4. The molecule has 0 aromatic rings. The summed E-state index contributed by atoms with van der Waals surface area (Å²) in [5.41, 5.74) is 4.48. The molecule has 0 N–H and O–H groups in total. The smallest absolute Gasteiger partial charge is 0.155 e. The van der Waals surface area contributed by atoms with Crippen molar-refractivity contribution in [3.05, 3.63) is 22.8 Å². The average molecular weight is 298 g/mol. The summed E-state index contributed by atoms with van der Waals surface area (Å²) in [7, 11) is 0. The van der Waals surface area contributed by atoms with Gasteiger partial charge in [-0.3, -0.25) is 9.59 Å². The van der Waals surface area contributed by atoms with Crippen LogP contribution < -0.4 is 0 Å². The minimum atomic E-state index is -0.102. The third-order valence-electron chi connectivity index (χ3n) is 7.45. The number of carbonyl (C=O) groups excluding carboxylic acids is 2. The van der Waals surface area contributed by atoms with Crippen molar-refractivity contribution in [2.45, 2.75) is 65.7 Å². The van der Waals surface area contributed by atoms with E-state index in [2.05, 4.69) is 20.8 Å². The van der Waals surface area contributed by atoms with E-state index in [4.69, 9.17) is 0 Å². The van der Waals surface area contributed by atoms with Crippen LogP contribution in [0.1, 0.15) is 65.7 Å². The summed E-state index contributed by atoms with van der Waals surface area (Å²) >= 11 is 0. The van der Waals surface area contributed by atoms with Crippen LogP contribution in [0.5, 0.6) is 0 Å². The molecule has 0 spiro atoms. The van der Waals surface area contributed by atoms with E-state index in [1.807, 2.05) is 6.08 Å². The Balaban J connectivity index is 1.83. The highest BCUT2D eigenvalue weighted by Gasteiger charge is 2.57. The Morgan fingerprint density at radius 1 is 1.00 bits per heavy atom. The molecule has 4 rings (SSSR count). The maximum atomic E-state index is 12.4. The molecule has 0 bridgehead atoms. The van der Waals surface area contributed by atoms with Crippen LogP contribution in [-0.2, 0) is 9.59 Å². The lowest BCUT2D eigenvalue weighted by Gasteiger charge is -2.54. The fraction of sp³-hybridized carbons (Fsp3) is 0.700. The molecule has 22 heavy (non-hydrogen) atoms. The molecule has 0 aromatic carbocycles. The molecule has 118 valence electrons. The molecule has 0 heterocycles. The minimum Gasteiger partial charge on any atom is -0.299 e. The van der Waals surface area contributed by atoms with Gasteiger partial charge in [0.2, 0.25) is 0 Å². The molecule has 2 fully saturated rings. The van der Waals surface area contributed by atoms with Crippen molar-refractivity contribution < 1.29 is 9.59 Å². The fourth-order valence-electron chi connectivity index (χ4n) is 6.00. The number of rotatable bonds is 0. The van der Waals surface area contributed by atoms with Gasteiger partial charge >= 0.3 is 0 Å². The highest BCUT2D eigenvalue weighted by molar-refractivity contribution is 5.92. The van der Waals surface area contributed by atoms with Crippen molar-refractivity contribution in [1.82, 2.24) is 0 Å². The van der Waals surface area contributed by atoms with Gasteiger partial charge in [0.05, 0.1) is 0 Å². The van der Waals surface area contributed by atoms with Crippen LogP contribution in [0.3, 0.4) is 0 Å². The Morgan fingerprint density at radius 3 is 2.50 bits per heavy atom. The Bertz CT molecular complexity index is 638. The van der Waals surface area contributed by atoms with E-state index in [0.717, 1.165) is 38.5 Å². The third kappa shape index (κ3) is 1.67. The van der Waals surface area contributed by atoms with Crippen LogP contribution in [0.15, 0.2) is 22.8 Å². The van der Waals surface area contributed by atoms with Gasteiger partial charge in [-0.1, -0.05) is 30.6 Å². The SMILES string of the molecule is CC1=C2[C@H](CC[C@]3(C)C(=O)CC[C@@H]23)[C@@]2(C)CCC(=O)C=C2C1. The second-order valence-corrected chi connectivity index (χ2v) is 8.49. The molecule has 4 aliphatic carbocycles. The van der Waals surface area contributed by atoms with Gasteiger partial charge < -0.3 is 0 Å². The molecule has 0 radical (unpaired) electrons. The summed E-state index contributed by atoms with van der Waals surface area (Å²) in [6.45, 7) is 6.83. The molecular weight excluding hydrogens is 272 g/mol. The van der Waals surface area contributed by atoms with Gasteiger partial charge in [0.1, 0.15) is 5.78 Å². The predicted octanol–water partition coefficient (Wildman–Crippen LogP) is 4.40. The zero-order chi connectivity index (χ0) is 15.7. The summed E-state index contributed by atoms with van der Waals surface area (Å²) in [6.07, 6.45) is 8.56. The summed E-state index contributed by atoms with van der Waals surface area (Å²) in [6, 6.07) is 0. The average Bonchev–Trinajstić information content (AvgIpc) is 2.77. The van der Waals surface area contributed by atoms with Gasteiger partial charge in [-0.05, 0) is 62.4 Å². The molecule has 0 aromatic heterocycles. The third-order valence-corrected chi connectivity index (χ3v) is 7.45. The van der Waals surface area contributed by atoms with Gasteiger partial charge in [-0.15, -0.1) is 0 Å². The molecule has 0 saturated heterocycles. The van der Waals surface area contributed by atoms with Crippen molar-refractivity contribution in [3.63, 3.8) is 0 Å². The van der Waals surface area contributed by atoms with Crippen molar-refractivity contribution in [1.29, 1.82) is 0 Å². The number of allylic oxidation sites excluding steroid dienone is 4. The summed E-state index contributed by atoms with van der Waals surface area (Å²) < 4.78 is 0. The van der Waals surface area contributed by atoms with Gasteiger partial charge in [-0.2, -0.15) is 0 Å². The number of Topliss-reactive ketones (excluding diaryl/α,β-unsaturated/α-hetero) is 1. The van der Waals surface area contributed by atoms with E-state index in [-0.39, 0.29) is 10.8 Å². The summed E-state index contributed by atoms with van der Waals surface area (Å²) in [5.74, 6) is 1.82. The first-order valence-electron chi connectivity index (χ1n) is 8.83. The predicted molar refractivity (Wildman–Crippen MR) is 86.3 cm³/mol. The summed E-state index contributed by atoms with van der Waals surface area (Å²) in [4.78, 5) is 24.3. The first-order valence-corrected chi connectivity index (χ1v) is 8.83. The molecule has 0 amide bonds. The Morgan fingerprint density at radius 2 is 1.73 bits per heavy atom. The van der Waals surface area contributed by atoms with Crippen LogP contribution >= 0.6 is 0 Å². The van der Waals surface area contributed by atoms with E-state index < -0.39 is 0 Å². The maximum Gasteiger partial charge on any atom is 0.155 e. The Hall–Kier alpha value is -1.18. The maximum absolute atomic E-state index is 12.4. The van der Waals surface area contributed by atoms with Crippen molar-refractivity contribution >= 4 is 11.6 Å². The zero-order valence-electron chi connectivity index (χ0n) is 14.0. The molecule has 2 saturated carbocycles. The largest absolute Gasteiger partial charge is 0.299 e. The van der Waals surface area contributed by atoms with Gasteiger partial charge in [-0.25, -0.2) is 0 Å². The van der Waals surface area contributed by atoms with E-state index >= 15 is 0 Å². The van der Waals surface area contributed by atoms with Gasteiger partial charge in [0.25, 0.3) is 0 Å². The highest BCUT2D eigenvalue weighted by Crippen LogP contribution is 2.63. The standard InChI is InChI=1S/C20H26O2/c1-12-10-13-11-14(21)6-8-19(13,2)16-7-9-20(3)15(18(12)16)4-5-17(20)22/h11,15-16H,4-10H2,1-3H3/t15-,16-,19-,20-/m0/s1. The quantitative estimate of drug-likeness (QED) is 0.621. The molecule has 4 aliphatic rings. The van der Waals surface area contributed by atoms with Crippen LogP contribution in [0.2, 0.25) is 0 Å². The lowest BCUT2D eigenvalue weighted by Crippen LogP contribution is -2.46. The van der Waals surface area contributed by atoms with Gasteiger partial charge in [0.15, 0.2) is 5.78 Å². The van der Waals surface area contributed by atoms with E-state index in [1.165, 1.54) is 11.1 Å². The monoisotopic (exact) mass is 298 g/mol. The van der Waals surface area contributed by atoms with Crippen LogP contribution in [0.25, 0.3) is 0 Å². The number of carbonyl (C=O) groups is 2. The van der Waals surface area contributed by atoms with Crippen LogP contribution in [0.4, 0.5) is 0 Å². The number of fused-ring (bicyclic) bond motifs is 5. The second kappa shape index (κ2) is 4.43. The Labute approximate surface area is 133 Å². The number of ketones is 2. The van der Waals surface area contributed by atoms with E-state index in [9.17, 15) is 9.59 Å². The summed E-state index contributed by atoms with van der Waals surface area (Å²) in [5, 5.41) is 0. The molecular formula is C20H26O2. The second-order valence-electron chi connectivity index (χ2n) is 8.49. The molecule has 0 aliphatic heterocycles. The van der Waals surface area contributed by atoms with Crippen molar-refractivity contribution in [3.8, 4) is 0 Å². The molecule has 0 unspecified atom stereocenters. The molecule has 4 atom stereocenters. The number of hydrogen-bond donors (Lipinski definition) is 0. The number of hydrogen-bond acceptors (Lipinski definition) is 2. The highest BCUT2D eigenvalue weighted by atomic mass is 16.1. The lowest BCUT2D eigenvalue weighted by molar-refractivity contribution is -0.127. The van der Waals surface area contributed by atoms with Crippen LogP contribution in [-0.4, -0.2) is 11.6 Å². The van der Waals surface area contributed by atoms with Crippen molar-refractivity contribution in [2.75, 3.05) is 0 Å². The molecule has 2 nitrogen and oxygen atoms in total. The van der Waals surface area contributed by atoms with Crippen LogP contribution in [0, 0.1) is 22.7 Å². The normalized spacial score (nSPS) is 44.4. The lowest BCUT2D eigenvalue weighted by atomic mass is 9.50. The van der Waals surface area contributed by atoms with E-state index in [1.54, 1.807) is 5.57 Å². The minimum absolute atomic E-state index is 0.102. The molecule has 2 heteroatoms.